The fourth-order valence-electron chi connectivity index (χ4n) is 2.33. The third-order valence-corrected chi connectivity index (χ3v) is 3.68. The van der Waals surface area contributed by atoms with Gasteiger partial charge in [0, 0.05) is 12.7 Å². The summed E-state index contributed by atoms with van der Waals surface area (Å²) in [6.45, 7) is 1.87. The molecule has 0 unspecified atom stereocenters. The molecule has 2 heterocycles. The molecule has 6 heteroatoms. The van der Waals surface area contributed by atoms with Crippen LogP contribution in [0, 0.1) is 6.92 Å². The van der Waals surface area contributed by atoms with E-state index in [0.29, 0.717) is 10.7 Å². The molecule has 0 fully saturated rings. The molecular weight excluding hydrogens is 264 g/mol. The third kappa shape index (κ3) is 1.86. The van der Waals surface area contributed by atoms with Crippen LogP contribution in [-0.4, -0.2) is 15.7 Å². The Morgan fingerprint density at radius 2 is 2.05 bits per heavy atom. The van der Waals surface area contributed by atoms with E-state index in [2.05, 4.69) is 15.7 Å². The Balaban J connectivity index is 2.04. The van der Waals surface area contributed by atoms with Crippen LogP contribution in [0.5, 0.6) is 0 Å². The van der Waals surface area contributed by atoms with Gasteiger partial charge in [0.2, 0.25) is 0 Å². The maximum Gasteiger partial charge on any atom is 0.255 e. The van der Waals surface area contributed by atoms with Crippen molar-refractivity contribution >= 4 is 23.2 Å². The Labute approximate surface area is 115 Å². The van der Waals surface area contributed by atoms with E-state index in [1.165, 1.54) is 0 Å². The van der Waals surface area contributed by atoms with Crippen molar-refractivity contribution in [1.82, 2.24) is 15.1 Å². The largest absolute Gasteiger partial charge is 0.361 e. The Bertz CT molecular complexity index is 665. The van der Waals surface area contributed by atoms with E-state index in [4.69, 9.17) is 11.6 Å². The predicted octanol–water partition coefficient (Wildman–Crippen LogP) is 2.24. The molecule has 98 valence electrons. The molecule has 2 N–H and O–H groups in total. The molecule has 0 spiro atoms. The summed E-state index contributed by atoms with van der Waals surface area (Å²) in [4.78, 5) is 12.1. The van der Waals surface area contributed by atoms with E-state index in [1.807, 2.05) is 25.1 Å². The number of para-hydroxylation sites is 1. The van der Waals surface area contributed by atoms with Gasteiger partial charge in [0.15, 0.2) is 0 Å². The monoisotopic (exact) mass is 276 g/mol. The van der Waals surface area contributed by atoms with E-state index in [0.717, 1.165) is 16.9 Å². The number of benzene rings is 1. The standard InChI is InChI=1S/C13H13ClN4O/c1-7-10(11(14)18(2)17-7)12-15-9-6-4-3-5-8(9)13(19)16-12/h3-6,12,15H,1-2H3,(H,16,19)/t12-/m0/s1. The Morgan fingerprint density at radius 1 is 1.32 bits per heavy atom. The zero-order valence-corrected chi connectivity index (χ0v) is 11.3. The van der Waals surface area contributed by atoms with Crippen LogP contribution in [0.25, 0.3) is 0 Å². The smallest absolute Gasteiger partial charge is 0.255 e. The van der Waals surface area contributed by atoms with Gasteiger partial charge in [-0.15, -0.1) is 0 Å². The van der Waals surface area contributed by atoms with Crippen LogP contribution in [0.2, 0.25) is 5.15 Å². The lowest BCUT2D eigenvalue weighted by atomic mass is 10.1. The Hall–Kier alpha value is -2.01. The number of carbonyl (C=O) groups excluding carboxylic acids is 1. The van der Waals surface area contributed by atoms with Gasteiger partial charge in [-0.05, 0) is 19.1 Å². The van der Waals surface area contributed by atoms with Gasteiger partial charge >= 0.3 is 0 Å². The topological polar surface area (TPSA) is 59.0 Å². The minimum atomic E-state index is -0.358. The molecule has 2 aromatic rings. The lowest BCUT2D eigenvalue weighted by molar-refractivity contribution is 0.0935. The van der Waals surface area contributed by atoms with Gasteiger partial charge in [0.05, 0.1) is 16.8 Å². The summed E-state index contributed by atoms with van der Waals surface area (Å²) >= 11 is 6.23. The van der Waals surface area contributed by atoms with Gasteiger partial charge in [0.1, 0.15) is 11.3 Å². The zero-order valence-electron chi connectivity index (χ0n) is 10.6. The molecule has 0 bridgehead atoms. The summed E-state index contributed by atoms with van der Waals surface area (Å²) in [5, 5.41) is 10.9. The maximum atomic E-state index is 12.1. The first-order valence-electron chi connectivity index (χ1n) is 5.93. The maximum absolute atomic E-state index is 12.1. The molecule has 5 nitrogen and oxygen atoms in total. The van der Waals surface area contributed by atoms with Gasteiger partial charge < -0.3 is 10.6 Å². The molecule has 0 aliphatic carbocycles. The number of nitrogens with zero attached hydrogens (tertiary/aromatic N) is 2. The van der Waals surface area contributed by atoms with Crippen LogP contribution in [0.1, 0.15) is 27.8 Å². The number of aryl methyl sites for hydroxylation is 2. The number of halogens is 1. The number of amides is 1. The van der Waals surface area contributed by atoms with E-state index in [9.17, 15) is 4.79 Å². The summed E-state index contributed by atoms with van der Waals surface area (Å²) in [6, 6.07) is 7.38. The first-order valence-corrected chi connectivity index (χ1v) is 6.31. The molecule has 1 amide bonds. The van der Waals surface area contributed by atoms with Crippen LogP contribution in [0.15, 0.2) is 24.3 Å². The van der Waals surface area contributed by atoms with Crippen molar-refractivity contribution in [3.8, 4) is 0 Å². The van der Waals surface area contributed by atoms with Crippen LogP contribution in [0.4, 0.5) is 5.69 Å². The number of anilines is 1. The molecule has 0 saturated heterocycles. The normalized spacial score (nSPS) is 17.6. The molecule has 1 aliphatic heterocycles. The fraction of sp³-hybridized carbons (Fsp3) is 0.231. The average molecular weight is 277 g/mol. The zero-order chi connectivity index (χ0) is 13.6. The van der Waals surface area contributed by atoms with Crippen LogP contribution in [-0.2, 0) is 7.05 Å². The van der Waals surface area contributed by atoms with E-state index in [-0.39, 0.29) is 12.1 Å². The van der Waals surface area contributed by atoms with Crippen LogP contribution < -0.4 is 10.6 Å². The molecule has 1 atom stereocenters. The summed E-state index contributed by atoms with van der Waals surface area (Å²) in [5.41, 5.74) is 3.03. The molecule has 1 aromatic heterocycles. The fourth-order valence-corrected chi connectivity index (χ4v) is 2.61. The van der Waals surface area contributed by atoms with Crippen molar-refractivity contribution in [2.24, 2.45) is 7.05 Å². The summed E-state index contributed by atoms with van der Waals surface area (Å²) in [6.07, 6.45) is -0.358. The second-order valence-corrected chi connectivity index (χ2v) is 4.87. The summed E-state index contributed by atoms with van der Waals surface area (Å²) < 4.78 is 1.60. The Morgan fingerprint density at radius 3 is 2.74 bits per heavy atom. The van der Waals surface area contributed by atoms with Crippen molar-refractivity contribution in [2.45, 2.75) is 13.1 Å². The van der Waals surface area contributed by atoms with Gasteiger partial charge in [-0.2, -0.15) is 5.10 Å². The molecule has 3 rings (SSSR count). The molecule has 1 aromatic carbocycles. The quantitative estimate of drug-likeness (QED) is 0.840. The first-order chi connectivity index (χ1) is 9.08. The first kappa shape index (κ1) is 12.0. The highest BCUT2D eigenvalue weighted by atomic mass is 35.5. The van der Waals surface area contributed by atoms with Crippen molar-refractivity contribution < 1.29 is 4.79 Å². The molecule has 0 saturated carbocycles. The summed E-state index contributed by atoms with van der Waals surface area (Å²) in [5.74, 6) is -0.112. The minimum Gasteiger partial charge on any atom is -0.361 e. The van der Waals surface area contributed by atoms with Crippen LogP contribution >= 0.6 is 11.6 Å². The Kier molecular flexibility index (Phi) is 2.71. The van der Waals surface area contributed by atoms with E-state index in [1.54, 1.807) is 17.8 Å². The number of nitrogens with one attached hydrogen (secondary N) is 2. The summed E-state index contributed by atoms with van der Waals surface area (Å²) in [7, 11) is 1.78. The molecule has 0 radical (unpaired) electrons. The number of fused-ring (bicyclic) bond motifs is 1. The lowest BCUT2D eigenvalue weighted by Crippen LogP contribution is -2.38. The third-order valence-electron chi connectivity index (χ3n) is 3.23. The molecule has 1 aliphatic rings. The second kappa shape index (κ2) is 4.28. The number of carbonyl (C=O) groups is 1. The average Bonchev–Trinajstić information content (AvgIpc) is 2.63. The van der Waals surface area contributed by atoms with Gasteiger partial charge in [-0.1, -0.05) is 23.7 Å². The van der Waals surface area contributed by atoms with Gasteiger partial charge in [-0.3, -0.25) is 9.48 Å². The highest BCUT2D eigenvalue weighted by Gasteiger charge is 2.28. The number of aromatic nitrogens is 2. The van der Waals surface area contributed by atoms with Crippen LogP contribution in [0.3, 0.4) is 0 Å². The number of rotatable bonds is 1. The predicted molar refractivity (Wildman–Crippen MR) is 73.2 cm³/mol. The SMILES string of the molecule is Cc1nn(C)c(Cl)c1[C@@H]1NC(=O)c2ccccc2N1. The lowest BCUT2D eigenvalue weighted by Gasteiger charge is -2.27. The van der Waals surface area contributed by atoms with Crippen molar-refractivity contribution in [3.05, 3.63) is 46.2 Å². The number of hydrogen-bond donors (Lipinski definition) is 2. The minimum absolute atomic E-state index is 0.112. The van der Waals surface area contributed by atoms with Crippen molar-refractivity contribution in [1.29, 1.82) is 0 Å². The van der Waals surface area contributed by atoms with E-state index < -0.39 is 0 Å². The van der Waals surface area contributed by atoms with Gasteiger partial charge in [0.25, 0.3) is 5.91 Å². The highest BCUT2D eigenvalue weighted by molar-refractivity contribution is 6.30. The second-order valence-electron chi connectivity index (χ2n) is 4.51. The van der Waals surface area contributed by atoms with Crippen molar-refractivity contribution in [2.75, 3.05) is 5.32 Å². The molecular formula is C13H13ClN4O. The van der Waals surface area contributed by atoms with Gasteiger partial charge in [-0.25, -0.2) is 0 Å². The highest BCUT2D eigenvalue weighted by Crippen LogP contribution is 2.31. The van der Waals surface area contributed by atoms with E-state index >= 15 is 0 Å². The molecule has 19 heavy (non-hydrogen) atoms. The van der Waals surface area contributed by atoms with Crippen molar-refractivity contribution in [3.63, 3.8) is 0 Å². The number of hydrogen-bond acceptors (Lipinski definition) is 3.